The van der Waals surface area contributed by atoms with E-state index in [1.165, 1.54) is 12.7 Å². The van der Waals surface area contributed by atoms with Crippen LogP contribution >= 0.6 is 0 Å². The molecule has 0 saturated carbocycles. The second-order valence-electron chi connectivity index (χ2n) is 5.60. The Labute approximate surface area is 127 Å². The van der Waals surface area contributed by atoms with E-state index in [2.05, 4.69) is 0 Å². The van der Waals surface area contributed by atoms with Crippen molar-refractivity contribution in [2.45, 2.75) is 27.2 Å². The molecule has 0 radical (unpaired) electrons. The molecular formula is C17H25NO3. The summed E-state index contributed by atoms with van der Waals surface area (Å²) >= 11 is 0. The predicted molar refractivity (Wildman–Crippen MR) is 82.7 cm³/mol. The first kappa shape index (κ1) is 17.2. The molecule has 1 aromatic rings. The molecule has 1 unspecified atom stereocenters. The standard InChI is InChI=1S/C17H25NO3/c1-13(2)16(19)18(12-14(3)17(20)21-4)11-10-15-8-6-5-7-9-15/h5-9,13-14H,10-12H2,1-4H3. The van der Waals surface area contributed by atoms with Crippen LogP contribution in [0.4, 0.5) is 0 Å². The smallest absolute Gasteiger partial charge is 0.310 e. The van der Waals surface area contributed by atoms with Gasteiger partial charge < -0.3 is 9.64 Å². The van der Waals surface area contributed by atoms with Crippen LogP contribution in [0.5, 0.6) is 0 Å². The van der Waals surface area contributed by atoms with Gasteiger partial charge in [0.2, 0.25) is 5.91 Å². The first-order chi connectivity index (χ1) is 9.95. The zero-order valence-electron chi connectivity index (χ0n) is 13.3. The van der Waals surface area contributed by atoms with E-state index in [0.29, 0.717) is 13.1 Å². The number of benzene rings is 1. The summed E-state index contributed by atoms with van der Waals surface area (Å²) in [6.07, 6.45) is 0.785. The molecule has 116 valence electrons. The van der Waals surface area contributed by atoms with Crippen molar-refractivity contribution in [1.82, 2.24) is 4.90 Å². The van der Waals surface area contributed by atoms with Gasteiger partial charge in [-0.2, -0.15) is 0 Å². The number of amides is 1. The van der Waals surface area contributed by atoms with Gasteiger partial charge >= 0.3 is 5.97 Å². The average Bonchev–Trinajstić information content (AvgIpc) is 2.50. The fourth-order valence-corrected chi connectivity index (χ4v) is 2.17. The summed E-state index contributed by atoms with van der Waals surface area (Å²) in [5.41, 5.74) is 1.18. The van der Waals surface area contributed by atoms with Crippen LogP contribution in [0, 0.1) is 11.8 Å². The summed E-state index contributed by atoms with van der Waals surface area (Å²) in [5.74, 6) is -0.600. The molecule has 1 aromatic carbocycles. The van der Waals surface area contributed by atoms with Crippen molar-refractivity contribution in [1.29, 1.82) is 0 Å². The SMILES string of the molecule is COC(=O)C(C)CN(CCc1ccccc1)C(=O)C(C)C. The monoisotopic (exact) mass is 291 g/mol. The normalized spacial score (nSPS) is 12.0. The highest BCUT2D eigenvalue weighted by atomic mass is 16.5. The Morgan fingerprint density at radius 2 is 1.76 bits per heavy atom. The molecule has 0 aliphatic heterocycles. The van der Waals surface area contributed by atoms with Gasteiger partial charge in [0.15, 0.2) is 0 Å². The van der Waals surface area contributed by atoms with Crippen LogP contribution in [0.3, 0.4) is 0 Å². The van der Waals surface area contributed by atoms with Gasteiger partial charge in [0, 0.05) is 19.0 Å². The topological polar surface area (TPSA) is 46.6 Å². The van der Waals surface area contributed by atoms with Crippen molar-refractivity contribution < 1.29 is 14.3 Å². The van der Waals surface area contributed by atoms with Gasteiger partial charge in [-0.1, -0.05) is 51.1 Å². The fourth-order valence-electron chi connectivity index (χ4n) is 2.17. The van der Waals surface area contributed by atoms with Crippen LogP contribution < -0.4 is 0 Å². The lowest BCUT2D eigenvalue weighted by molar-refractivity contribution is -0.146. The van der Waals surface area contributed by atoms with E-state index in [-0.39, 0.29) is 23.7 Å². The maximum absolute atomic E-state index is 12.3. The molecule has 0 saturated heterocycles. The maximum Gasteiger partial charge on any atom is 0.310 e. The molecule has 1 rings (SSSR count). The third-order valence-corrected chi connectivity index (χ3v) is 3.42. The number of nitrogens with zero attached hydrogens (tertiary/aromatic N) is 1. The minimum Gasteiger partial charge on any atom is -0.469 e. The number of rotatable bonds is 7. The van der Waals surface area contributed by atoms with Gasteiger partial charge in [0.1, 0.15) is 0 Å². The van der Waals surface area contributed by atoms with Crippen molar-refractivity contribution in [2.24, 2.45) is 11.8 Å². The zero-order valence-corrected chi connectivity index (χ0v) is 13.3. The predicted octanol–water partition coefficient (Wildman–Crippen LogP) is 2.52. The van der Waals surface area contributed by atoms with Crippen molar-refractivity contribution in [3.8, 4) is 0 Å². The molecule has 0 spiro atoms. The minimum absolute atomic E-state index is 0.0710. The largest absolute Gasteiger partial charge is 0.469 e. The highest BCUT2D eigenvalue weighted by molar-refractivity contribution is 5.79. The highest BCUT2D eigenvalue weighted by Crippen LogP contribution is 2.10. The summed E-state index contributed by atoms with van der Waals surface area (Å²) in [6, 6.07) is 10.0. The molecule has 21 heavy (non-hydrogen) atoms. The van der Waals surface area contributed by atoms with Crippen molar-refractivity contribution in [3.05, 3.63) is 35.9 Å². The van der Waals surface area contributed by atoms with Crippen LogP contribution in [0.15, 0.2) is 30.3 Å². The number of esters is 1. The number of carbonyl (C=O) groups excluding carboxylic acids is 2. The van der Waals surface area contributed by atoms with Crippen LogP contribution in [0.25, 0.3) is 0 Å². The van der Waals surface area contributed by atoms with E-state index in [4.69, 9.17) is 4.74 Å². The molecule has 4 nitrogen and oxygen atoms in total. The summed E-state index contributed by atoms with van der Waals surface area (Å²) in [5, 5.41) is 0. The van der Waals surface area contributed by atoms with E-state index in [0.717, 1.165) is 6.42 Å². The Bertz CT molecular complexity index is 456. The number of ether oxygens (including phenoxy) is 1. The van der Waals surface area contributed by atoms with Crippen LogP contribution in [0.1, 0.15) is 26.3 Å². The van der Waals surface area contributed by atoms with Crippen LogP contribution in [0.2, 0.25) is 0 Å². The van der Waals surface area contributed by atoms with E-state index in [9.17, 15) is 9.59 Å². The van der Waals surface area contributed by atoms with Crippen LogP contribution in [-0.4, -0.2) is 37.0 Å². The Hall–Kier alpha value is -1.84. The Morgan fingerprint density at radius 1 is 1.14 bits per heavy atom. The van der Waals surface area contributed by atoms with Gasteiger partial charge in [-0.15, -0.1) is 0 Å². The number of methoxy groups -OCH3 is 1. The highest BCUT2D eigenvalue weighted by Gasteiger charge is 2.22. The molecule has 4 heteroatoms. The van der Waals surface area contributed by atoms with E-state index in [1.807, 2.05) is 44.2 Å². The second kappa shape index (κ2) is 8.45. The summed E-state index contributed by atoms with van der Waals surface area (Å²) in [4.78, 5) is 25.6. The quantitative estimate of drug-likeness (QED) is 0.725. The minimum atomic E-state index is -0.312. The van der Waals surface area contributed by atoms with Gasteiger partial charge in [-0.3, -0.25) is 9.59 Å². The van der Waals surface area contributed by atoms with Gasteiger partial charge in [-0.25, -0.2) is 0 Å². The molecule has 0 N–H and O–H groups in total. The van der Waals surface area contributed by atoms with Crippen molar-refractivity contribution in [2.75, 3.05) is 20.2 Å². The molecule has 0 aliphatic rings. The summed E-state index contributed by atoms with van der Waals surface area (Å²) in [7, 11) is 1.37. The molecule has 0 bridgehead atoms. The number of hydrogen-bond donors (Lipinski definition) is 0. The molecule has 0 aromatic heterocycles. The first-order valence-electron chi connectivity index (χ1n) is 7.36. The van der Waals surface area contributed by atoms with Gasteiger partial charge in [-0.05, 0) is 12.0 Å². The fraction of sp³-hybridized carbons (Fsp3) is 0.529. The molecule has 1 amide bonds. The summed E-state index contributed by atoms with van der Waals surface area (Å²) < 4.78 is 4.74. The second-order valence-corrected chi connectivity index (χ2v) is 5.60. The Morgan fingerprint density at radius 3 is 2.29 bits per heavy atom. The first-order valence-corrected chi connectivity index (χ1v) is 7.36. The Balaban J connectivity index is 2.69. The van der Waals surface area contributed by atoms with Crippen LogP contribution in [-0.2, 0) is 20.7 Å². The average molecular weight is 291 g/mol. The molecule has 1 atom stereocenters. The van der Waals surface area contributed by atoms with E-state index >= 15 is 0 Å². The molecule has 0 fully saturated rings. The third-order valence-electron chi connectivity index (χ3n) is 3.42. The Kier molecular flexibility index (Phi) is 6.92. The third kappa shape index (κ3) is 5.58. The lowest BCUT2D eigenvalue weighted by Gasteiger charge is -2.26. The van der Waals surface area contributed by atoms with Gasteiger partial charge in [0.05, 0.1) is 13.0 Å². The van der Waals surface area contributed by atoms with E-state index < -0.39 is 0 Å². The lowest BCUT2D eigenvalue weighted by atomic mass is 10.1. The number of hydrogen-bond acceptors (Lipinski definition) is 3. The summed E-state index contributed by atoms with van der Waals surface area (Å²) in [6.45, 7) is 6.55. The lowest BCUT2D eigenvalue weighted by Crippen LogP contribution is -2.40. The molecular weight excluding hydrogens is 266 g/mol. The molecule has 0 heterocycles. The molecule has 0 aliphatic carbocycles. The van der Waals surface area contributed by atoms with Crippen molar-refractivity contribution >= 4 is 11.9 Å². The van der Waals surface area contributed by atoms with Crippen molar-refractivity contribution in [3.63, 3.8) is 0 Å². The van der Waals surface area contributed by atoms with Gasteiger partial charge in [0.25, 0.3) is 0 Å². The zero-order chi connectivity index (χ0) is 15.8. The number of carbonyl (C=O) groups is 2. The van der Waals surface area contributed by atoms with E-state index in [1.54, 1.807) is 11.8 Å². The maximum atomic E-state index is 12.3.